The monoisotopic (exact) mass is 727 g/mol. The number of carbonyl (C=O) groups excluding carboxylic acids is 1. The van der Waals surface area contributed by atoms with Gasteiger partial charge in [0.15, 0.2) is 11.4 Å². The summed E-state index contributed by atoms with van der Waals surface area (Å²) in [5.74, 6) is 0.218. The fourth-order valence-corrected chi connectivity index (χ4v) is 7.81. The maximum Gasteiger partial charge on any atom is 0.241 e. The molecule has 0 radical (unpaired) electrons. The van der Waals surface area contributed by atoms with Gasteiger partial charge in [-0.25, -0.2) is 8.42 Å². The van der Waals surface area contributed by atoms with Crippen LogP contribution < -0.4 is 10.0 Å². The van der Waals surface area contributed by atoms with E-state index in [1.54, 1.807) is 30.2 Å². The number of rotatable bonds is 14. The summed E-state index contributed by atoms with van der Waals surface area (Å²) in [5.41, 5.74) is 5.24. The molecule has 4 unspecified atom stereocenters. The second-order valence-corrected chi connectivity index (χ2v) is 15.2. The first kappa shape index (κ1) is 36.4. The predicted molar refractivity (Wildman–Crippen MR) is 194 cm³/mol. The van der Waals surface area contributed by atoms with Gasteiger partial charge in [-0.15, -0.1) is 10.2 Å². The number of aliphatic hydroxyl groups is 1. The van der Waals surface area contributed by atoms with Gasteiger partial charge in [0.25, 0.3) is 0 Å². The Labute approximate surface area is 302 Å². The average molecular weight is 728 g/mol. The SMILES string of the molecule is Cc1ccc(S(=O)(=O)NC(Cc2ccccc2)C(=O)NCc2ccc(C3OC(CSc4nncn4C)CC(c4ccc(CO)cc4)O3)cc2)cc1. The summed E-state index contributed by atoms with van der Waals surface area (Å²) >= 11 is 1.57. The lowest BCUT2D eigenvalue weighted by Gasteiger charge is -2.36. The molecule has 0 saturated carbocycles. The molecule has 6 rings (SSSR count). The Bertz CT molecular complexity index is 1990. The molecule has 1 saturated heterocycles. The van der Waals surface area contributed by atoms with Crippen molar-refractivity contribution in [3.63, 3.8) is 0 Å². The van der Waals surface area contributed by atoms with Gasteiger partial charge >= 0.3 is 0 Å². The first-order chi connectivity index (χ1) is 24.7. The van der Waals surface area contributed by atoms with E-state index in [4.69, 9.17) is 9.47 Å². The lowest BCUT2D eigenvalue weighted by molar-refractivity contribution is -0.245. The number of nitrogens with one attached hydrogen (secondary N) is 2. The summed E-state index contributed by atoms with van der Waals surface area (Å²) in [5, 5.41) is 21.4. The van der Waals surface area contributed by atoms with E-state index in [1.807, 2.05) is 97.4 Å². The zero-order chi connectivity index (χ0) is 35.8. The average Bonchev–Trinajstić information content (AvgIpc) is 3.57. The zero-order valence-corrected chi connectivity index (χ0v) is 30.0. The van der Waals surface area contributed by atoms with E-state index in [1.165, 1.54) is 12.1 Å². The molecule has 3 N–H and O–H groups in total. The van der Waals surface area contributed by atoms with Crippen LogP contribution in [0.5, 0.6) is 0 Å². The van der Waals surface area contributed by atoms with Crippen LogP contribution in [-0.2, 0) is 50.9 Å². The minimum Gasteiger partial charge on any atom is -0.392 e. The van der Waals surface area contributed by atoms with Crippen LogP contribution in [0.4, 0.5) is 0 Å². The van der Waals surface area contributed by atoms with Crippen LogP contribution in [0.3, 0.4) is 0 Å². The molecular formula is C38H41N5O6S2. The van der Waals surface area contributed by atoms with Crippen LogP contribution in [0.2, 0.25) is 0 Å². The Kier molecular flexibility index (Phi) is 12.0. The van der Waals surface area contributed by atoms with Crippen molar-refractivity contribution in [2.24, 2.45) is 7.05 Å². The molecule has 1 aliphatic rings. The molecule has 0 aliphatic carbocycles. The summed E-state index contributed by atoms with van der Waals surface area (Å²) in [6.07, 6.45) is 1.48. The highest BCUT2D eigenvalue weighted by atomic mass is 32.2. The van der Waals surface area contributed by atoms with Gasteiger partial charge in [0, 0.05) is 31.3 Å². The number of hydrogen-bond donors (Lipinski definition) is 3. The number of hydrogen-bond acceptors (Lipinski definition) is 9. The van der Waals surface area contributed by atoms with E-state index in [9.17, 15) is 18.3 Å². The van der Waals surface area contributed by atoms with Gasteiger partial charge in [0.1, 0.15) is 12.4 Å². The summed E-state index contributed by atoms with van der Waals surface area (Å²) in [7, 11) is -2.05. The second-order valence-electron chi connectivity index (χ2n) is 12.5. The lowest BCUT2D eigenvalue weighted by Crippen LogP contribution is -2.47. The van der Waals surface area contributed by atoms with E-state index in [0.717, 1.165) is 38.5 Å². The molecule has 1 aromatic heterocycles. The molecule has 11 nitrogen and oxygen atoms in total. The van der Waals surface area contributed by atoms with E-state index in [-0.39, 0.29) is 36.7 Å². The Morgan fingerprint density at radius 1 is 0.922 bits per heavy atom. The first-order valence-electron chi connectivity index (χ1n) is 16.6. The number of sulfonamides is 1. The standard InChI is InChI=1S/C38H41N5O6S2/c1-26-8-18-33(19-9-26)51(46,47)42-34(20-27-6-4-3-5-7-27)36(45)39-22-28-10-16-31(17-11-28)37-48-32(24-50-38-41-40-25-43(38)2)21-35(49-37)30-14-12-29(23-44)13-15-30/h3-19,25,32,34-35,37,42,44H,20-24H2,1-2H3,(H,39,45). The molecule has 0 spiro atoms. The topological polar surface area (TPSA) is 145 Å². The molecule has 1 amide bonds. The molecule has 51 heavy (non-hydrogen) atoms. The minimum atomic E-state index is -3.95. The number of aliphatic hydroxyl groups excluding tert-OH is 1. The quantitative estimate of drug-likeness (QED) is 0.132. The van der Waals surface area contributed by atoms with Crippen LogP contribution in [0.25, 0.3) is 0 Å². The smallest absolute Gasteiger partial charge is 0.241 e. The highest BCUT2D eigenvalue weighted by Gasteiger charge is 2.33. The number of aryl methyl sites for hydroxylation is 2. The van der Waals surface area contributed by atoms with Gasteiger partial charge in [0.05, 0.1) is 23.7 Å². The number of ether oxygens (including phenoxy) is 2. The fraction of sp³-hybridized carbons (Fsp3) is 0.289. The van der Waals surface area contributed by atoms with E-state index in [2.05, 4.69) is 20.2 Å². The van der Waals surface area contributed by atoms with Gasteiger partial charge in [-0.1, -0.05) is 108 Å². The molecule has 4 atom stereocenters. The summed E-state index contributed by atoms with van der Waals surface area (Å²) in [6, 6.07) is 30.2. The van der Waals surface area contributed by atoms with Crippen LogP contribution in [0.15, 0.2) is 120 Å². The maximum atomic E-state index is 13.5. The van der Waals surface area contributed by atoms with Gasteiger partial charge in [-0.2, -0.15) is 4.72 Å². The number of carbonyl (C=O) groups is 1. The normalized spacial score (nSPS) is 18.3. The first-order valence-corrected chi connectivity index (χ1v) is 19.1. The van der Waals surface area contributed by atoms with Crippen molar-refractivity contribution < 1.29 is 27.8 Å². The number of thioether (sulfide) groups is 1. The van der Waals surface area contributed by atoms with Crippen molar-refractivity contribution in [3.05, 3.63) is 143 Å². The molecule has 2 heterocycles. The molecule has 4 aromatic carbocycles. The maximum absolute atomic E-state index is 13.5. The van der Waals surface area contributed by atoms with Crippen LogP contribution >= 0.6 is 11.8 Å². The zero-order valence-electron chi connectivity index (χ0n) is 28.4. The largest absolute Gasteiger partial charge is 0.392 e. The summed E-state index contributed by atoms with van der Waals surface area (Å²) in [4.78, 5) is 13.6. The Hall–Kier alpha value is -4.37. The molecule has 0 bridgehead atoms. The Balaban J connectivity index is 1.13. The van der Waals surface area contributed by atoms with Crippen LogP contribution in [-0.4, -0.2) is 52.1 Å². The van der Waals surface area contributed by atoms with Gasteiger partial charge in [-0.3, -0.25) is 4.79 Å². The van der Waals surface area contributed by atoms with Crippen molar-refractivity contribution in [3.8, 4) is 0 Å². The van der Waals surface area contributed by atoms with Gasteiger partial charge in [0.2, 0.25) is 15.9 Å². The highest BCUT2D eigenvalue weighted by molar-refractivity contribution is 7.99. The highest BCUT2D eigenvalue weighted by Crippen LogP contribution is 2.39. The van der Waals surface area contributed by atoms with Gasteiger partial charge < -0.3 is 24.5 Å². The van der Waals surface area contributed by atoms with Crippen molar-refractivity contribution in [1.29, 1.82) is 0 Å². The van der Waals surface area contributed by atoms with E-state index >= 15 is 0 Å². The predicted octanol–water partition coefficient (Wildman–Crippen LogP) is 5.16. The minimum absolute atomic E-state index is 0.0297. The molecular weight excluding hydrogens is 687 g/mol. The molecule has 1 fully saturated rings. The lowest BCUT2D eigenvalue weighted by atomic mass is 10.0. The van der Waals surface area contributed by atoms with E-state index < -0.39 is 28.3 Å². The summed E-state index contributed by atoms with van der Waals surface area (Å²) < 4.78 is 43.9. The van der Waals surface area contributed by atoms with Crippen molar-refractivity contribution in [2.45, 2.75) is 67.5 Å². The molecule has 5 aromatic rings. The van der Waals surface area contributed by atoms with E-state index in [0.29, 0.717) is 12.2 Å². The third kappa shape index (κ3) is 9.70. The van der Waals surface area contributed by atoms with Crippen LogP contribution in [0, 0.1) is 6.92 Å². The van der Waals surface area contributed by atoms with Crippen molar-refractivity contribution in [1.82, 2.24) is 24.8 Å². The fourth-order valence-electron chi connectivity index (χ4n) is 5.71. The summed E-state index contributed by atoms with van der Waals surface area (Å²) in [6.45, 7) is 2.05. The Morgan fingerprint density at radius 2 is 1.61 bits per heavy atom. The van der Waals surface area contributed by atoms with Crippen molar-refractivity contribution in [2.75, 3.05) is 5.75 Å². The third-order valence-corrected chi connectivity index (χ3v) is 11.3. The van der Waals surface area contributed by atoms with Crippen molar-refractivity contribution >= 4 is 27.7 Å². The number of benzene rings is 4. The number of aromatic nitrogens is 3. The van der Waals surface area contributed by atoms with Gasteiger partial charge in [-0.05, 0) is 47.7 Å². The molecule has 13 heteroatoms. The Morgan fingerprint density at radius 3 is 2.27 bits per heavy atom. The number of amides is 1. The molecule has 1 aliphatic heterocycles. The number of nitrogens with zero attached hydrogens (tertiary/aromatic N) is 3. The molecule has 266 valence electrons. The second kappa shape index (κ2) is 16.8. The van der Waals surface area contributed by atoms with Crippen LogP contribution in [0.1, 0.15) is 52.2 Å². The third-order valence-electron chi connectivity index (χ3n) is 8.63.